The van der Waals surface area contributed by atoms with E-state index in [-0.39, 0.29) is 6.04 Å². The Kier molecular flexibility index (Phi) is 4.12. The highest BCUT2D eigenvalue weighted by molar-refractivity contribution is 9.10. The summed E-state index contributed by atoms with van der Waals surface area (Å²) in [7, 11) is 1.56. The number of aliphatic imine (C=N–C) groups is 1. The highest BCUT2D eigenvalue weighted by Crippen LogP contribution is 2.26. The smallest absolute Gasteiger partial charge is 0.228 e. The molecule has 0 aliphatic carbocycles. The molecule has 1 N–H and O–H groups in total. The van der Waals surface area contributed by atoms with Crippen LogP contribution in [0.15, 0.2) is 26.0 Å². The predicted octanol–water partition coefficient (Wildman–Crippen LogP) is 2.48. The van der Waals surface area contributed by atoms with Crippen LogP contribution >= 0.6 is 15.9 Å². The van der Waals surface area contributed by atoms with E-state index in [4.69, 9.17) is 14.0 Å². The molecule has 8 heteroatoms. The van der Waals surface area contributed by atoms with Crippen LogP contribution in [0.4, 0.5) is 0 Å². The van der Waals surface area contributed by atoms with Crippen molar-refractivity contribution in [2.75, 3.05) is 13.7 Å². The molecule has 7 nitrogen and oxygen atoms in total. The molecule has 0 bridgehead atoms. The highest BCUT2D eigenvalue weighted by Gasteiger charge is 2.25. The second kappa shape index (κ2) is 6.05. The molecule has 3 rings (SSSR count). The maximum Gasteiger partial charge on any atom is 0.228 e. The number of hydroxylamine groups is 1. The van der Waals surface area contributed by atoms with Crippen molar-refractivity contribution in [2.45, 2.75) is 19.9 Å². The third kappa shape index (κ3) is 2.84. The van der Waals surface area contributed by atoms with E-state index in [1.165, 1.54) is 0 Å². The molecule has 2 aromatic rings. The third-order valence-corrected chi connectivity index (χ3v) is 3.79. The number of oxazole rings is 1. The zero-order chi connectivity index (χ0) is 15.7. The first-order chi connectivity index (χ1) is 10.6. The number of methoxy groups -OCH3 is 1. The zero-order valence-electron chi connectivity index (χ0n) is 12.4. The van der Waals surface area contributed by atoms with E-state index in [9.17, 15) is 0 Å². The van der Waals surface area contributed by atoms with E-state index in [1.54, 1.807) is 7.11 Å². The molecule has 1 unspecified atom stereocenters. The summed E-state index contributed by atoms with van der Waals surface area (Å²) in [6, 6.07) is 3.41. The van der Waals surface area contributed by atoms with E-state index in [0.717, 1.165) is 10.2 Å². The van der Waals surface area contributed by atoms with Crippen LogP contribution in [0.5, 0.6) is 5.88 Å². The molecule has 1 atom stereocenters. The average Bonchev–Trinajstić information content (AvgIpc) is 2.86. The van der Waals surface area contributed by atoms with Crippen molar-refractivity contribution >= 4 is 21.8 Å². The van der Waals surface area contributed by atoms with Crippen LogP contribution in [0.3, 0.4) is 0 Å². The monoisotopic (exact) mass is 366 g/mol. The fraction of sp³-hybridized carbons (Fsp3) is 0.357. The van der Waals surface area contributed by atoms with Crippen LogP contribution in [0.2, 0.25) is 0 Å². The summed E-state index contributed by atoms with van der Waals surface area (Å²) in [6.45, 7) is 4.07. The van der Waals surface area contributed by atoms with Crippen molar-refractivity contribution in [3.05, 3.63) is 39.6 Å². The number of ether oxygens (including phenoxy) is 1. The third-order valence-electron chi connectivity index (χ3n) is 3.19. The summed E-state index contributed by atoms with van der Waals surface area (Å²) in [5.74, 6) is 2.33. The second-order valence-electron chi connectivity index (χ2n) is 4.78. The van der Waals surface area contributed by atoms with Gasteiger partial charge in [-0.2, -0.15) is 0 Å². The van der Waals surface area contributed by atoms with Crippen LogP contribution in [0.1, 0.15) is 29.1 Å². The average molecular weight is 367 g/mol. The molecular formula is C14H15BrN4O3. The second-order valence-corrected chi connectivity index (χ2v) is 5.63. The highest BCUT2D eigenvalue weighted by atomic mass is 79.9. The lowest BCUT2D eigenvalue weighted by atomic mass is 10.2. The van der Waals surface area contributed by atoms with Crippen LogP contribution in [-0.4, -0.2) is 29.5 Å². The van der Waals surface area contributed by atoms with Gasteiger partial charge < -0.3 is 9.15 Å². The van der Waals surface area contributed by atoms with Gasteiger partial charge in [0.25, 0.3) is 0 Å². The van der Waals surface area contributed by atoms with Gasteiger partial charge in [0.05, 0.1) is 17.3 Å². The standard InChI is InChI=1S/C14H15BrN4O3/c1-7-12(22-8(2)16-7)11-6-21-19-13(17-11)10-5-4-9(15)14(18-10)20-3/h4-5,11H,6H2,1-3H3,(H,17,19). The Hall–Kier alpha value is -1.93. The Labute approximate surface area is 135 Å². The predicted molar refractivity (Wildman–Crippen MR) is 82.8 cm³/mol. The number of hydrogen-bond acceptors (Lipinski definition) is 7. The van der Waals surface area contributed by atoms with E-state index in [0.29, 0.717) is 35.7 Å². The van der Waals surface area contributed by atoms with Crippen molar-refractivity contribution in [3.63, 3.8) is 0 Å². The number of halogens is 1. The molecule has 22 heavy (non-hydrogen) atoms. The molecule has 0 saturated carbocycles. The number of aromatic nitrogens is 2. The van der Waals surface area contributed by atoms with Crippen molar-refractivity contribution in [3.8, 4) is 5.88 Å². The Morgan fingerprint density at radius 3 is 2.82 bits per heavy atom. The number of nitrogens with one attached hydrogen (secondary N) is 1. The SMILES string of the molecule is COc1nc(C2=NC(c3oc(C)nc3C)CON2)ccc1Br. The largest absolute Gasteiger partial charge is 0.480 e. The van der Waals surface area contributed by atoms with Gasteiger partial charge in [0.1, 0.15) is 18.3 Å². The quantitative estimate of drug-likeness (QED) is 0.898. The number of hydrogen-bond donors (Lipinski definition) is 1. The van der Waals surface area contributed by atoms with Gasteiger partial charge in [-0.15, -0.1) is 0 Å². The first-order valence-corrected chi connectivity index (χ1v) is 7.48. The van der Waals surface area contributed by atoms with E-state index in [1.807, 2.05) is 26.0 Å². The summed E-state index contributed by atoms with van der Waals surface area (Å²) in [6.07, 6.45) is 0. The van der Waals surface area contributed by atoms with Gasteiger partial charge in [0, 0.05) is 6.92 Å². The van der Waals surface area contributed by atoms with Crippen LogP contribution < -0.4 is 10.2 Å². The number of pyridine rings is 1. The van der Waals surface area contributed by atoms with Crippen molar-refractivity contribution < 1.29 is 14.0 Å². The summed E-state index contributed by atoms with van der Waals surface area (Å²) >= 11 is 3.37. The van der Waals surface area contributed by atoms with Gasteiger partial charge in [-0.25, -0.2) is 15.4 Å². The summed E-state index contributed by atoms with van der Waals surface area (Å²) in [5, 5.41) is 0. The molecular weight excluding hydrogens is 352 g/mol. The lowest BCUT2D eigenvalue weighted by molar-refractivity contribution is 0.0574. The van der Waals surface area contributed by atoms with Gasteiger partial charge in [0.2, 0.25) is 5.88 Å². The Morgan fingerprint density at radius 2 is 2.14 bits per heavy atom. The topological polar surface area (TPSA) is 81.8 Å². The lowest BCUT2D eigenvalue weighted by Gasteiger charge is -2.20. The van der Waals surface area contributed by atoms with Gasteiger partial charge >= 0.3 is 0 Å². The van der Waals surface area contributed by atoms with Crippen molar-refractivity contribution in [1.29, 1.82) is 0 Å². The summed E-state index contributed by atoms with van der Waals surface area (Å²) in [5.41, 5.74) is 4.23. The zero-order valence-corrected chi connectivity index (χ0v) is 14.0. The molecule has 0 saturated heterocycles. The van der Waals surface area contributed by atoms with Crippen LogP contribution in [0, 0.1) is 13.8 Å². The van der Waals surface area contributed by atoms with Gasteiger partial charge in [0.15, 0.2) is 17.5 Å². The fourth-order valence-electron chi connectivity index (χ4n) is 2.22. The Balaban J connectivity index is 1.95. The van der Waals surface area contributed by atoms with Crippen LogP contribution in [0.25, 0.3) is 0 Å². The van der Waals surface area contributed by atoms with Gasteiger partial charge in [-0.1, -0.05) is 0 Å². The number of rotatable bonds is 3. The molecule has 1 aliphatic heterocycles. The minimum atomic E-state index is -0.256. The van der Waals surface area contributed by atoms with Crippen molar-refractivity contribution in [1.82, 2.24) is 15.4 Å². The molecule has 0 fully saturated rings. The van der Waals surface area contributed by atoms with E-state index >= 15 is 0 Å². The van der Waals surface area contributed by atoms with Crippen molar-refractivity contribution in [2.24, 2.45) is 4.99 Å². The molecule has 2 aromatic heterocycles. The minimum absolute atomic E-state index is 0.256. The maximum atomic E-state index is 5.62. The number of aryl methyl sites for hydroxylation is 2. The Morgan fingerprint density at radius 1 is 1.32 bits per heavy atom. The van der Waals surface area contributed by atoms with Crippen LogP contribution in [-0.2, 0) is 4.84 Å². The fourth-order valence-corrected chi connectivity index (χ4v) is 2.60. The van der Waals surface area contributed by atoms with E-state index in [2.05, 4.69) is 36.4 Å². The summed E-state index contributed by atoms with van der Waals surface area (Å²) < 4.78 is 11.6. The minimum Gasteiger partial charge on any atom is -0.480 e. The first-order valence-electron chi connectivity index (χ1n) is 6.69. The maximum absolute atomic E-state index is 5.62. The molecule has 0 spiro atoms. The molecule has 0 amide bonds. The number of amidine groups is 1. The lowest BCUT2D eigenvalue weighted by Crippen LogP contribution is -2.33. The first kappa shape index (κ1) is 15.0. The number of nitrogens with zero attached hydrogens (tertiary/aromatic N) is 3. The molecule has 116 valence electrons. The molecule has 1 aliphatic rings. The van der Waals surface area contributed by atoms with Gasteiger partial charge in [-0.3, -0.25) is 9.83 Å². The van der Waals surface area contributed by atoms with E-state index < -0.39 is 0 Å². The van der Waals surface area contributed by atoms with Gasteiger partial charge in [-0.05, 0) is 35.0 Å². The Bertz CT molecular complexity index is 729. The summed E-state index contributed by atoms with van der Waals surface area (Å²) in [4.78, 5) is 18.7. The normalized spacial score (nSPS) is 17.8. The molecule has 0 aromatic carbocycles. The molecule has 0 radical (unpaired) electrons. The molecule has 3 heterocycles.